The number of sulfonamides is 1. The van der Waals surface area contributed by atoms with Gasteiger partial charge in [-0.15, -0.1) is 0 Å². The predicted octanol–water partition coefficient (Wildman–Crippen LogP) is 1.74. The summed E-state index contributed by atoms with van der Waals surface area (Å²) in [5.74, 6) is -2.28. The van der Waals surface area contributed by atoms with E-state index in [2.05, 4.69) is 26.8 Å². The second kappa shape index (κ2) is 9.81. The summed E-state index contributed by atoms with van der Waals surface area (Å²) in [6, 6.07) is 10.3. The van der Waals surface area contributed by atoms with Crippen molar-refractivity contribution < 1.29 is 27.1 Å². The molecule has 8 nitrogen and oxygen atoms in total. The highest BCUT2D eigenvalue weighted by molar-refractivity contribution is 9.10. The molecule has 0 saturated heterocycles. The number of likely N-dealkylation sites (N-methyl/N-ethyl adjacent to an activating group) is 1. The molecule has 2 amide bonds. The zero-order valence-corrected chi connectivity index (χ0v) is 18.0. The Kier molecular flexibility index (Phi) is 7.71. The molecule has 0 fully saturated rings. The maximum atomic E-state index is 13.6. The van der Waals surface area contributed by atoms with Gasteiger partial charge in [0, 0.05) is 11.5 Å². The number of benzene rings is 2. The van der Waals surface area contributed by atoms with Crippen LogP contribution >= 0.6 is 15.9 Å². The highest BCUT2D eigenvalue weighted by atomic mass is 79.9. The lowest BCUT2D eigenvalue weighted by atomic mass is 10.2. The predicted molar refractivity (Wildman–Crippen MR) is 107 cm³/mol. The summed E-state index contributed by atoms with van der Waals surface area (Å²) in [4.78, 5) is 23.7. The van der Waals surface area contributed by atoms with Crippen LogP contribution in [0.25, 0.3) is 0 Å². The molecule has 0 heterocycles. The molecule has 0 aliphatic heterocycles. The molecule has 0 bridgehead atoms. The summed E-state index contributed by atoms with van der Waals surface area (Å²) in [6.07, 6.45) is 0. The van der Waals surface area contributed by atoms with E-state index in [4.69, 9.17) is 4.74 Å². The highest BCUT2D eigenvalue weighted by Crippen LogP contribution is 2.21. The van der Waals surface area contributed by atoms with Gasteiger partial charge >= 0.3 is 0 Å². The number of rotatable bonds is 7. The molecule has 0 spiro atoms. The summed E-state index contributed by atoms with van der Waals surface area (Å²) in [5.41, 5.74) is 5.05. The van der Waals surface area contributed by atoms with Crippen LogP contribution in [0, 0.1) is 12.7 Å². The van der Waals surface area contributed by atoms with Crippen LogP contribution in [0.3, 0.4) is 0 Å². The lowest BCUT2D eigenvalue weighted by Gasteiger charge is -2.17. The third-order valence-corrected chi connectivity index (χ3v) is 6.00. The average molecular weight is 488 g/mol. The first-order valence-electron chi connectivity index (χ1n) is 8.28. The normalized spacial score (nSPS) is 11.2. The number of nitrogens with one attached hydrogen (secondary N) is 2. The first kappa shape index (κ1) is 22.8. The molecular weight excluding hydrogens is 469 g/mol. The van der Waals surface area contributed by atoms with Crippen LogP contribution in [-0.4, -0.2) is 44.7 Å². The van der Waals surface area contributed by atoms with Crippen LogP contribution in [0.4, 0.5) is 4.39 Å². The van der Waals surface area contributed by atoms with Gasteiger partial charge in [0.1, 0.15) is 0 Å². The first-order valence-corrected chi connectivity index (χ1v) is 10.5. The van der Waals surface area contributed by atoms with Crippen LogP contribution in [0.2, 0.25) is 0 Å². The Balaban J connectivity index is 1.82. The minimum absolute atomic E-state index is 0.0485. The van der Waals surface area contributed by atoms with Crippen molar-refractivity contribution in [2.24, 2.45) is 0 Å². The van der Waals surface area contributed by atoms with E-state index in [1.165, 1.54) is 31.3 Å². The lowest BCUT2D eigenvalue weighted by Crippen LogP contribution is -2.48. The van der Waals surface area contributed by atoms with Crippen LogP contribution in [-0.2, 0) is 19.6 Å². The molecule has 0 unspecified atom stereocenters. The number of aryl methyl sites for hydroxylation is 1. The van der Waals surface area contributed by atoms with Crippen molar-refractivity contribution in [3.63, 3.8) is 0 Å². The molecule has 2 N–H and O–H groups in total. The summed E-state index contributed by atoms with van der Waals surface area (Å²) < 4.78 is 44.9. The van der Waals surface area contributed by atoms with E-state index in [0.29, 0.717) is 4.47 Å². The summed E-state index contributed by atoms with van der Waals surface area (Å²) in [5, 5.41) is 0. The van der Waals surface area contributed by atoms with Crippen molar-refractivity contribution in [2.75, 3.05) is 20.2 Å². The second-order valence-electron chi connectivity index (χ2n) is 6.03. The van der Waals surface area contributed by atoms with Gasteiger partial charge in [0.2, 0.25) is 10.0 Å². The molecule has 0 saturated carbocycles. The van der Waals surface area contributed by atoms with Gasteiger partial charge in [-0.2, -0.15) is 4.31 Å². The Hall–Kier alpha value is -2.50. The average Bonchev–Trinajstić information content (AvgIpc) is 2.66. The zero-order chi connectivity index (χ0) is 21.6. The molecule has 29 heavy (non-hydrogen) atoms. The monoisotopic (exact) mass is 487 g/mol. The van der Waals surface area contributed by atoms with E-state index in [1.807, 2.05) is 6.92 Å². The van der Waals surface area contributed by atoms with Crippen LogP contribution < -0.4 is 15.6 Å². The number of hydrazine groups is 1. The Morgan fingerprint density at radius 2 is 1.72 bits per heavy atom. The van der Waals surface area contributed by atoms with Gasteiger partial charge in [0.05, 0.1) is 11.4 Å². The van der Waals surface area contributed by atoms with Gasteiger partial charge in [0.15, 0.2) is 18.2 Å². The standard InChI is InChI=1S/C18H19BrFN3O5S/c1-12-3-6-14(7-4-12)29(26,27)23(2)10-17(24)21-22-18(25)11-28-16-8-5-13(19)9-15(16)20/h3-9H,10-11H2,1-2H3,(H,21,24)(H,22,25). The molecule has 0 aliphatic rings. The summed E-state index contributed by atoms with van der Waals surface area (Å²) >= 11 is 3.10. The van der Waals surface area contributed by atoms with Crippen molar-refractivity contribution in [1.29, 1.82) is 0 Å². The number of halogens is 2. The lowest BCUT2D eigenvalue weighted by molar-refractivity contribution is -0.130. The van der Waals surface area contributed by atoms with Crippen molar-refractivity contribution in [3.8, 4) is 5.75 Å². The Bertz CT molecular complexity index is 999. The minimum Gasteiger partial charge on any atom is -0.481 e. The largest absolute Gasteiger partial charge is 0.481 e. The number of nitrogens with zero attached hydrogens (tertiary/aromatic N) is 1. The van der Waals surface area contributed by atoms with Gasteiger partial charge in [-0.3, -0.25) is 20.4 Å². The fourth-order valence-corrected chi connectivity index (χ4v) is 3.59. The van der Waals surface area contributed by atoms with Gasteiger partial charge in [-0.1, -0.05) is 33.6 Å². The number of hydrogen-bond donors (Lipinski definition) is 2. The van der Waals surface area contributed by atoms with Crippen molar-refractivity contribution in [1.82, 2.24) is 15.2 Å². The van der Waals surface area contributed by atoms with Crippen LogP contribution in [0.1, 0.15) is 5.56 Å². The number of amides is 2. The van der Waals surface area contributed by atoms with Crippen molar-refractivity contribution in [2.45, 2.75) is 11.8 Å². The number of carbonyl (C=O) groups excluding carboxylic acids is 2. The molecule has 156 valence electrons. The van der Waals surface area contributed by atoms with E-state index in [-0.39, 0.29) is 10.6 Å². The van der Waals surface area contributed by atoms with Gasteiger partial charge < -0.3 is 4.74 Å². The smallest absolute Gasteiger partial charge is 0.276 e. The van der Waals surface area contributed by atoms with Crippen LogP contribution in [0.5, 0.6) is 5.75 Å². The Morgan fingerprint density at radius 1 is 1.10 bits per heavy atom. The van der Waals surface area contributed by atoms with E-state index in [9.17, 15) is 22.4 Å². The third kappa shape index (κ3) is 6.51. The summed E-state index contributed by atoms with van der Waals surface area (Å²) in [7, 11) is -2.61. The topological polar surface area (TPSA) is 105 Å². The Morgan fingerprint density at radius 3 is 2.34 bits per heavy atom. The van der Waals surface area contributed by atoms with Gasteiger partial charge in [0.25, 0.3) is 11.8 Å². The zero-order valence-electron chi connectivity index (χ0n) is 15.6. The molecule has 0 atom stereocenters. The van der Waals surface area contributed by atoms with E-state index < -0.39 is 40.8 Å². The van der Waals surface area contributed by atoms with E-state index >= 15 is 0 Å². The minimum atomic E-state index is -3.85. The molecule has 11 heteroatoms. The fraction of sp³-hybridized carbons (Fsp3) is 0.222. The molecule has 0 radical (unpaired) electrons. The molecular formula is C18H19BrFN3O5S. The van der Waals surface area contributed by atoms with Crippen LogP contribution in [0.15, 0.2) is 51.8 Å². The first-order chi connectivity index (χ1) is 13.6. The molecule has 0 aliphatic carbocycles. The molecule has 2 aromatic rings. The van der Waals surface area contributed by atoms with Gasteiger partial charge in [-0.05, 0) is 37.3 Å². The second-order valence-corrected chi connectivity index (χ2v) is 8.99. The quantitative estimate of drug-likeness (QED) is 0.578. The van der Waals surface area contributed by atoms with Crippen molar-refractivity contribution in [3.05, 3.63) is 58.3 Å². The molecule has 0 aromatic heterocycles. The highest BCUT2D eigenvalue weighted by Gasteiger charge is 2.23. The third-order valence-electron chi connectivity index (χ3n) is 3.69. The SMILES string of the molecule is Cc1ccc(S(=O)(=O)N(C)CC(=O)NNC(=O)COc2ccc(Br)cc2F)cc1. The number of hydrogen-bond acceptors (Lipinski definition) is 5. The maximum Gasteiger partial charge on any atom is 0.276 e. The maximum absolute atomic E-state index is 13.6. The molecule has 2 rings (SSSR count). The Labute approximate surface area is 176 Å². The van der Waals surface area contributed by atoms with E-state index in [1.54, 1.807) is 18.2 Å². The molecule has 2 aromatic carbocycles. The number of carbonyl (C=O) groups is 2. The fourth-order valence-electron chi connectivity index (χ4n) is 2.13. The van der Waals surface area contributed by atoms with Crippen molar-refractivity contribution >= 4 is 37.8 Å². The summed E-state index contributed by atoms with van der Waals surface area (Å²) in [6.45, 7) is 0.764. The number of ether oxygens (including phenoxy) is 1. The van der Waals surface area contributed by atoms with Gasteiger partial charge in [-0.25, -0.2) is 12.8 Å². The van der Waals surface area contributed by atoms with E-state index in [0.717, 1.165) is 9.87 Å².